The number of halogens is 2. The Labute approximate surface area is 243 Å². The van der Waals surface area contributed by atoms with E-state index in [9.17, 15) is 14.3 Å². The van der Waals surface area contributed by atoms with Gasteiger partial charge in [0, 0.05) is 55.4 Å². The number of benzene rings is 2. The molecule has 1 N–H and O–H groups in total. The molecule has 3 aromatic rings. The number of anilines is 2. The van der Waals surface area contributed by atoms with Gasteiger partial charge in [-0.05, 0) is 43.8 Å². The first kappa shape index (κ1) is 27.7. The number of piperazine rings is 1. The fraction of sp³-hybridized carbons (Fsp3) is 0.433. The van der Waals surface area contributed by atoms with Gasteiger partial charge in [0.2, 0.25) is 0 Å². The van der Waals surface area contributed by atoms with Crippen molar-refractivity contribution in [3.05, 3.63) is 65.1 Å². The molecule has 41 heavy (non-hydrogen) atoms. The van der Waals surface area contributed by atoms with Crippen LogP contribution in [-0.4, -0.2) is 89.4 Å². The molecule has 2 atom stereocenters. The van der Waals surface area contributed by atoms with Crippen molar-refractivity contribution in [3.63, 3.8) is 0 Å². The average molecular weight is 581 g/mol. The van der Waals surface area contributed by atoms with Crippen LogP contribution in [0.15, 0.2) is 48.8 Å². The lowest BCUT2D eigenvalue weighted by atomic mass is 10.0. The molecule has 1 aromatic heterocycles. The zero-order valence-electron chi connectivity index (χ0n) is 23.1. The predicted octanol–water partition coefficient (Wildman–Crippen LogP) is 3.77. The van der Waals surface area contributed by atoms with Gasteiger partial charge < -0.3 is 24.5 Å². The fourth-order valence-corrected chi connectivity index (χ4v) is 6.40. The maximum atomic E-state index is 13.5. The Morgan fingerprint density at radius 3 is 2.56 bits per heavy atom. The number of likely N-dealkylation sites (N-methyl/N-ethyl adjacent to an activating group) is 1. The maximum Gasteiger partial charge on any atom is 0.318 e. The molecule has 0 aliphatic carbocycles. The standard InChI is InChI=1S/C30H34ClFN6O3/c1-19(32)29(40)37-15-13-36(14-16-37)28-22-11-12-38(25-8-4-6-20-5-3-7-23(31)27(20)25)17-24(22)33-30(34-28)41-18-21-9-10-26(39)35(21)2/h3-8,21,26,39H,1,9-18H2,2H3/t21-,26?/m0/s1. The molecule has 1 unspecified atom stereocenters. The minimum Gasteiger partial charge on any atom is -0.462 e. The van der Waals surface area contributed by atoms with Crippen molar-refractivity contribution in [1.82, 2.24) is 19.8 Å². The molecule has 11 heteroatoms. The maximum absolute atomic E-state index is 13.5. The summed E-state index contributed by atoms with van der Waals surface area (Å²) in [5.74, 6) is -0.804. The fourth-order valence-electron chi connectivity index (χ4n) is 6.12. The van der Waals surface area contributed by atoms with Crippen LogP contribution in [-0.2, 0) is 17.8 Å². The minimum atomic E-state index is -0.941. The second-order valence-electron chi connectivity index (χ2n) is 10.9. The third-order valence-corrected chi connectivity index (χ3v) is 8.82. The summed E-state index contributed by atoms with van der Waals surface area (Å²) < 4.78 is 19.6. The predicted molar refractivity (Wildman–Crippen MR) is 157 cm³/mol. The minimum absolute atomic E-state index is 0.0748. The summed E-state index contributed by atoms with van der Waals surface area (Å²) in [6.07, 6.45) is 1.80. The van der Waals surface area contributed by atoms with E-state index in [1.54, 1.807) is 0 Å². The largest absolute Gasteiger partial charge is 0.462 e. The van der Waals surface area contributed by atoms with Crippen molar-refractivity contribution in [3.8, 4) is 6.01 Å². The lowest BCUT2D eigenvalue weighted by Crippen LogP contribution is -2.49. The zero-order valence-corrected chi connectivity index (χ0v) is 23.9. The third-order valence-electron chi connectivity index (χ3n) is 8.50. The van der Waals surface area contributed by atoms with Crippen molar-refractivity contribution < 1.29 is 19.0 Å². The van der Waals surface area contributed by atoms with E-state index in [1.807, 2.05) is 30.1 Å². The molecule has 2 aromatic carbocycles. The number of carbonyl (C=O) groups is 1. The summed E-state index contributed by atoms with van der Waals surface area (Å²) in [5, 5.41) is 12.9. The quantitative estimate of drug-likeness (QED) is 0.441. The molecule has 3 aliphatic heterocycles. The highest BCUT2D eigenvalue weighted by Crippen LogP contribution is 2.37. The highest BCUT2D eigenvalue weighted by atomic mass is 35.5. The normalized spacial score (nSPS) is 21.3. The second-order valence-corrected chi connectivity index (χ2v) is 11.3. The SMILES string of the molecule is C=C(F)C(=O)N1CCN(c2nc(OC[C@@H]3CCC(O)N3C)nc3c2CCN(c2cccc4cccc(Cl)c24)C3)CC1. The number of rotatable bonds is 6. The van der Waals surface area contributed by atoms with Gasteiger partial charge >= 0.3 is 6.01 Å². The van der Waals surface area contributed by atoms with Crippen molar-refractivity contribution in [2.45, 2.75) is 38.1 Å². The number of carbonyl (C=O) groups excluding carboxylic acids is 1. The molecule has 216 valence electrons. The molecule has 3 aliphatic rings. The molecule has 0 radical (unpaired) electrons. The zero-order chi connectivity index (χ0) is 28.7. The monoisotopic (exact) mass is 580 g/mol. The summed E-state index contributed by atoms with van der Waals surface area (Å²) in [7, 11) is 1.89. The smallest absolute Gasteiger partial charge is 0.318 e. The highest BCUT2D eigenvalue weighted by molar-refractivity contribution is 6.36. The molecule has 0 saturated carbocycles. The molecular formula is C30H34ClFN6O3. The van der Waals surface area contributed by atoms with Crippen LogP contribution in [0.5, 0.6) is 6.01 Å². The molecule has 1 amide bonds. The molecule has 0 spiro atoms. The third kappa shape index (κ3) is 5.43. The van der Waals surface area contributed by atoms with Gasteiger partial charge in [0.15, 0.2) is 5.83 Å². The van der Waals surface area contributed by atoms with Crippen LogP contribution >= 0.6 is 11.6 Å². The topological polar surface area (TPSA) is 85.3 Å². The van der Waals surface area contributed by atoms with E-state index in [0.717, 1.165) is 52.9 Å². The van der Waals surface area contributed by atoms with Crippen molar-refractivity contribution in [2.75, 3.05) is 56.2 Å². The van der Waals surface area contributed by atoms with Gasteiger partial charge in [-0.3, -0.25) is 9.69 Å². The van der Waals surface area contributed by atoms with Crippen LogP contribution in [0, 0.1) is 0 Å². The van der Waals surface area contributed by atoms with Gasteiger partial charge in [-0.15, -0.1) is 0 Å². The van der Waals surface area contributed by atoms with E-state index in [0.29, 0.717) is 56.8 Å². The Kier molecular flexibility index (Phi) is 7.72. The molecule has 4 heterocycles. The molecule has 0 bridgehead atoms. The highest BCUT2D eigenvalue weighted by Gasteiger charge is 2.32. The van der Waals surface area contributed by atoms with Crippen LogP contribution < -0.4 is 14.5 Å². The van der Waals surface area contributed by atoms with Gasteiger partial charge in [-0.1, -0.05) is 42.4 Å². The van der Waals surface area contributed by atoms with Crippen molar-refractivity contribution in [2.24, 2.45) is 0 Å². The van der Waals surface area contributed by atoms with Gasteiger partial charge in [-0.25, -0.2) is 4.39 Å². The Balaban J connectivity index is 1.30. The first-order chi connectivity index (χ1) is 19.8. The van der Waals surface area contributed by atoms with Gasteiger partial charge in [-0.2, -0.15) is 9.97 Å². The van der Waals surface area contributed by atoms with Gasteiger partial charge in [0.1, 0.15) is 18.7 Å². The van der Waals surface area contributed by atoms with Crippen molar-refractivity contribution in [1.29, 1.82) is 0 Å². The lowest BCUT2D eigenvalue weighted by Gasteiger charge is -2.38. The van der Waals surface area contributed by atoms with E-state index in [4.69, 9.17) is 26.3 Å². The van der Waals surface area contributed by atoms with Crippen LogP contribution in [0.3, 0.4) is 0 Å². The number of aromatic nitrogens is 2. The Morgan fingerprint density at radius 2 is 1.85 bits per heavy atom. The van der Waals surface area contributed by atoms with Crippen LogP contribution in [0.2, 0.25) is 5.02 Å². The summed E-state index contributed by atoms with van der Waals surface area (Å²) in [6, 6.07) is 12.5. The average Bonchev–Trinajstić information content (AvgIpc) is 3.31. The number of fused-ring (bicyclic) bond motifs is 2. The first-order valence-electron chi connectivity index (χ1n) is 14.0. The lowest BCUT2D eigenvalue weighted by molar-refractivity contribution is -0.128. The van der Waals surface area contributed by atoms with Crippen LogP contribution in [0.4, 0.5) is 15.9 Å². The number of aliphatic hydroxyl groups excluding tert-OH is 1. The number of ether oxygens (including phenoxy) is 1. The molecule has 6 rings (SSSR count). The Bertz CT molecular complexity index is 1470. The molecule has 2 saturated heterocycles. The number of nitrogens with zero attached hydrogens (tertiary/aromatic N) is 6. The number of aliphatic hydroxyl groups is 1. The number of hydrogen-bond donors (Lipinski definition) is 1. The molecule has 9 nitrogen and oxygen atoms in total. The van der Waals surface area contributed by atoms with Crippen LogP contribution in [0.1, 0.15) is 24.1 Å². The summed E-state index contributed by atoms with van der Waals surface area (Å²) in [6.45, 7) is 6.64. The second kappa shape index (κ2) is 11.4. The van der Waals surface area contributed by atoms with Gasteiger partial charge in [0.25, 0.3) is 5.91 Å². The van der Waals surface area contributed by atoms with Gasteiger partial charge in [0.05, 0.1) is 17.3 Å². The van der Waals surface area contributed by atoms with E-state index in [1.165, 1.54) is 4.90 Å². The summed E-state index contributed by atoms with van der Waals surface area (Å²) >= 11 is 6.66. The van der Waals surface area contributed by atoms with Crippen LogP contribution in [0.25, 0.3) is 10.8 Å². The van der Waals surface area contributed by atoms with E-state index >= 15 is 0 Å². The molecule has 2 fully saturated rings. The van der Waals surface area contributed by atoms with E-state index in [2.05, 4.69) is 34.6 Å². The summed E-state index contributed by atoms with van der Waals surface area (Å²) in [5.41, 5.74) is 3.00. The number of likely N-dealkylation sites (tertiary alicyclic amines) is 1. The van der Waals surface area contributed by atoms with E-state index in [-0.39, 0.29) is 6.04 Å². The van der Waals surface area contributed by atoms with Crippen molar-refractivity contribution >= 4 is 39.8 Å². The number of hydrogen-bond acceptors (Lipinski definition) is 8. The first-order valence-corrected chi connectivity index (χ1v) is 14.4. The van der Waals surface area contributed by atoms with E-state index < -0.39 is 18.0 Å². The Morgan fingerprint density at radius 1 is 1.10 bits per heavy atom. The Hall–Kier alpha value is -3.47. The summed E-state index contributed by atoms with van der Waals surface area (Å²) in [4.78, 5) is 29.7. The number of amides is 1. The molecular weight excluding hydrogens is 547 g/mol.